The summed E-state index contributed by atoms with van der Waals surface area (Å²) in [7, 11) is 0. The topological polar surface area (TPSA) is 127 Å². The Labute approximate surface area is 189 Å². The summed E-state index contributed by atoms with van der Waals surface area (Å²) in [6, 6.07) is -0.731. The van der Waals surface area contributed by atoms with Crippen LogP contribution in [-0.4, -0.2) is 62.2 Å². The number of halogens is 3. The zero-order chi connectivity index (χ0) is 22.3. The Hall–Kier alpha value is -2.63. The number of rotatable bonds is 5. The SMILES string of the molecule is Cc1[nH]c(C(=O)N[C@@H]2CCN(c3nc(-c4ncc[nH]4)c(C(=O)O)s3)C[C@@H]2F)c(Cl)c1Cl. The summed E-state index contributed by atoms with van der Waals surface area (Å²) in [5, 5.41) is 12.9. The number of carboxylic acid groups (broad SMARTS) is 1. The minimum Gasteiger partial charge on any atom is -0.477 e. The number of nitrogens with zero attached hydrogens (tertiary/aromatic N) is 3. The summed E-state index contributed by atoms with van der Waals surface area (Å²) in [6.07, 6.45) is 1.97. The normalized spacial score (nSPS) is 18.9. The van der Waals surface area contributed by atoms with E-state index in [4.69, 9.17) is 23.2 Å². The van der Waals surface area contributed by atoms with Crippen molar-refractivity contribution in [3.05, 3.63) is 38.7 Å². The van der Waals surface area contributed by atoms with E-state index in [1.807, 2.05) is 0 Å². The molecule has 4 heterocycles. The molecule has 164 valence electrons. The summed E-state index contributed by atoms with van der Waals surface area (Å²) >= 11 is 13.0. The molecule has 4 N–H and O–H groups in total. The Morgan fingerprint density at radius 1 is 1.39 bits per heavy atom. The molecule has 1 aliphatic rings. The lowest BCUT2D eigenvalue weighted by Gasteiger charge is -2.34. The zero-order valence-electron chi connectivity index (χ0n) is 16.1. The number of carbonyl (C=O) groups excluding carboxylic acids is 1. The number of hydrogen-bond acceptors (Lipinski definition) is 6. The van der Waals surface area contributed by atoms with Crippen molar-refractivity contribution in [2.45, 2.75) is 25.6 Å². The molecule has 0 aliphatic carbocycles. The van der Waals surface area contributed by atoms with Crippen LogP contribution in [0.2, 0.25) is 10.0 Å². The van der Waals surface area contributed by atoms with E-state index in [0.717, 1.165) is 11.3 Å². The predicted octanol–water partition coefficient (Wildman–Crippen LogP) is 3.52. The fourth-order valence-corrected chi connectivity index (χ4v) is 4.71. The minimum absolute atomic E-state index is 0.0180. The molecule has 0 aromatic carbocycles. The summed E-state index contributed by atoms with van der Waals surface area (Å²) in [4.78, 5) is 39.8. The second-order valence-electron chi connectivity index (χ2n) is 7.00. The van der Waals surface area contributed by atoms with Crippen LogP contribution in [0, 0.1) is 6.92 Å². The first-order valence-corrected chi connectivity index (χ1v) is 10.8. The van der Waals surface area contributed by atoms with Gasteiger partial charge in [0.25, 0.3) is 5.91 Å². The largest absolute Gasteiger partial charge is 0.477 e. The van der Waals surface area contributed by atoms with Crippen LogP contribution in [-0.2, 0) is 0 Å². The first-order valence-electron chi connectivity index (χ1n) is 9.23. The maximum atomic E-state index is 14.9. The highest BCUT2D eigenvalue weighted by Crippen LogP contribution is 2.34. The molecule has 0 radical (unpaired) electrons. The van der Waals surface area contributed by atoms with Crippen LogP contribution < -0.4 is 10.2 Å². The van der Waals surface area contributed by atoms with Crippen LogP contribution in [0.1, 0.15) is 32.3 Å². The van der Waals surface area contributed by atoms with Crippen molar-refractivity contribution in [2.24, 2.45) is 0 Å². The maximum Gasteiger partial charge on any atom is 0.348 e. The van der Waals surface area contributed by atoms with Gasteiger partial charge in [-0.15, -0.1) is 0 Å². The molecule has 1 amide bonds. The lowest BCUT2D eigenvalue weighted by molar-refractivity contribution is 0.0702. The van der Waals surface area contributed by atoms with Gasteiger partial charge in [0.05, 0.1) is 22.6 Å². The number of alkyl halides is 1. The zero-order valence-corrected chi connectivity index (χ0v) is 18.4. The number of nitrogens with one attached hydrogen (secondary N) is 3. The maximum absolute atomic E-state index is 14.9. The molecule has 0 spiro atoms. The number of amides is 1. The van der Waals surface area contributed by atoms with Crippen molar-refractivity contribution in [1.82, 2.24) is 25.3 Å². The molecule has 1 fully saturated rings. The number of thiazole rings is 1. The number of aromatic amines is 2. The molecule has 31 heavy (non-hydrogen) atoms. The quantitative estimate of drug-likeness (QED) is 0.436. The van der Waals surface area contributed by atoms with E-state index in [1.54, 1.807) is 18.0 Å². The first-order chi connectivity index (χ1) is 14.8. The number of aryl methyl sites for hydroxylation is 1. The Balaban J connectivity index is 1.47. The molecule has 1 aliphatic heterocycles. The van der Waals surface area contributed by atoms with Crippen molar-refractivity contribution in [1.29, 1.82) is 0 Å². The van der Waals surface area contributed by atoms with E-state index < -0.39 is 24.1 Å². The highest BCUT2D eigenvalue weighted by Gasteiger charge is 2.34. The molecule has 1 saturated heterocycles. The van der Waals surface area contributed by atoms with Gasteiger partial charge in [0.2, 0.25) is 0 Å². The predicted molar refractivity (Wildman–Crippen MR) is 115 cm³/mol. The Kier molecular flexibility index (Phi) is 5.91. The molecule has 3 aromatic heterocycles. The molecular weight excluding hydrogens is 470 g/mol. The van der Waals surface area contributed by atoms with Gasteiger partial charge in [-0.05, 0) is 13.3 Å². The molecule has 0 saturated carbocycles. The van der Waals surface area contributed by atoms with Crippen LogP contribution >= 0.6 is 34.5 Å². The molecule has 9 nitrogen and oxygen atoms in total. The van der Waals surface area contributed by atoms with Gasteiger partial charge in [-0.1, -0.05) is 34.5 Å². The van der Waals surface area contributed by atoms with Crippen molar-refractivity contribution in [3.8, 4) is 11.5 Å². The van der Waals surface area contributed by atoms with Crippen LogP contribution in [0.5, 0.6) is 0 Å². The van der Waals surface area contributed by atoms with Gasteiger partial charge in [0.1, 0.15) is 22.4 Å². The van der Waals surface area contributed by atoms with Crippen molar-refractivity contribution in [3.63, 3.8) is 0 Å². The number of carboxylic acids is 1. The average molecular weight is 487 g/mol. The van der Waals surface area contributed by atoms with Crippen LogP contribution in [0.15, 0.2) is 12.4 Å². The van der Waals surface area contributed by atoms with Gasteiger partial charge >= 0.3 is 5.97 Å². The van der Waals surface area contributed by atoms with E-state index in [1.165, 1.54) is 6.20 Å². The third kappa shape index (κ3) is 4.12. The highest BCUT2D eigenvalue weighted by molar-refractivity contribution is 7.17. The number of hydrogen-bond donors (Lipinski definition) is 4. The van der Waals surface area contributed by atoms with Crippen molar-refractivity contribution < 1.29 is 19.1 Å². The van der Waals surface area contributed by atoms with Gasteiger partial charge in [-0.25, -0.2) is 19.2 Å². The highest BCUT2D eigenvalue weighted by atomic mass is 35.5. The van der Waals surface area contributed by atoms with Crippen LogP contribution in [0.25, 0.3) is 11.5 Å². The summed E-state index contributed by atoms with van der Waals surface area (Å²) < 4.78 is 14.9. The smallest absolute Gasteiger partial charge is 0.348 e. The molecule has 2 atom stereocenters. The summed E-state index contributed by atoms with van der Waals surface area (Å²) in [6.45, 7) is 2.01. The molecule has 13 heteroatoms. The number of piperidine rings is 1. The molecule has 4 rings (SSSR count). The Morgan fingerprint density at radius 3 is 2.74 bits per heavy atom. The van der Waals surface area contributed by atoms with E-state index in [2.05, 4.69) is 25.3 Å². The van der Waals surface area contributed by atoms with Crippen molar-refractivity contribution in [2.75, 3.05) is 18.0 Å². The van der Waals surface area contributed by atoms with Crippen LogP contribution in [0.4, 0.5) is 9.52 Å². The second-order valence-corrected chi connectivity index (χ2v) is 8.73. The minimum atomic E-state index is -1.40. The van der Waals surface area contributed by atoms with Gasteiger partial charge in [-0.2, -0.15) is 0 Å². The third-order valence-electron chi connectivity index (χ3n) is 4.94. The lowest BCUT2D eigenvalue weighted by atomic mass is 10.0. The van der Waals surface area contributed by atoms with Crippen LogP contribution in [0.3, 0.4) is 0 Å². The summed E-state index contributed by atoms with van der Waals surface area (Å²) in [5.74, 6) is -1.34. The van der Waals surface area contributed by atoms with E-state index in [0.29, 0.717) is 29.6 Å². The Morgan fingerprint density at radius 2 is 2.16 bits per heavy atom. The van der Waals surface area contributed by atoms with E-state index in [-0.39, 0.29) is 32.9 Å². The monoisotopic (exact) mass is 486 g/mol. The molecule has 0 unspecified atom stereocenters. The standard InChI is InChI=1S/C18H17Cl2FN6O3S/c1-7-10(19)11(20)12(24-7)16(28)25-9-2-5-27(6-8(9)21)18-26-13(14(31-18)17(29)30)15-22-3-4-23-15/h3-4,8-9,24H,2,5-6H2,1H3,(H,22,23)(H,25,28)(H,29,30)/t8-,9+/m0/s1. The molecule has 0 bridgehead atoms. The average Bonchev–Trinajstić information content (AvgIpc) is 3.46. The molecular formula is C18H17Cl2FN6O3S. The second kappa shape index (κ2) is 8.48. The number of aromatic nitrogens is 4. The lowest BCUT2D eigenvalue weighted by Crippen LogP contribution is -2.52. The number of H-pyrrole nitrogens is 2. The molecule has 3 aromatic rings. The third-order valence-corrected chi connectivity index (χ3v) is 6.99. The van der Waals surface area contributed by atoms with Crippen molar-refractivity contribution >= 4 is 51.5 Å². The first kappa shape index (κ1) is 21.6. The van der Waals surface area contributed by atoms with E-state index in [9.17, 15) is 19.1 Å². The summed E-state index contributed by atoms with van der Waals surface area (Å²) in [5.41, 5.74) is 0.846. The number of anilines is 1. The number of aromatic carboxylic acids is 1. The van der Waals surface area contributed by atoms with Gasteiger partial charge in [0, 0.05) is 24.6 Å². The fraction of sp³-hybridized carbons (Fsp3) is 0.333. The van der Waals surface area contributed by atoms with Gasteiger partial charge in [0.15, 0.2) is 11.0 Å². The Bertz CT molecular complexity index is 1130. The van der Waals surface area contributed by atoms with E-state index >= 15 is 0 Å². The van der Waals surface area contributed by atoms with Gasteiger partial charge in [-0.3, -0.25) is 4.79 Å². The number of imidazole rings is 1. The van der Waals surface area contributed by atoms with Gasteiger partial charge < -0.3 is 25.3 Å². The fourth-order valence-electron chi connectivity index (χ4n) is 3.35. The number of carbonyl (C=O) groups is 2.